The van der Waals surface area contributed by atoms with Gasteiger partial charge in [-0.25, -0.2) is 18.4 Å². The molecule has 140 valence electrons. The minimum absolute atomic E-state index is 0.198. The average Bonchev–Trinajstić information content (AvgIpc) is 2.62. The summed E-state index contributed by atoms with van der Waals surface area (Å²) >= 11 is 0. The molecule has 2 aliphatic rings. The van der Waals surface area contributed by atoms with Gasteiger partial charge in [0.25, 0.3) is 0 Å². The lowest BCUT2D eigenvalue weighted by atomic mass is 9.94. The fourth-order valence-corrected chi connectivity index (χ4v) is 5.70. The lowest BCUT2D eigenvalue weighted by molar-refractivity contribution is 0.0727. The van der Waals surface area contributed by atoms with Crippen LogP contribution in [0.15, 0.2) is 12.4 Å². The Kier molecular flexibility index (Phi) is 5.31. The molecule has 8 heteroatoms. The number of rotatable bonds is 4. The van der Waals surface area contributed by atoms with Crippen molar-refractivity contribution in [2.75, 3.05) is 37.9 Å². The van der Waals surface area contributed by atoms with Crippen molar-refractivity contribution in [1.29, 1.82) is 0 Å². The summed E-state index contributed by atoms with van der Waals surface area (Å²) < 4.78 is 36.4. The summed E-state index contributed by atoms with van der Waals surface area (Å²) in [6.07, 6.45) is 2.35. The van der Waals surface area contributed by atoms with Gasteiger partial charge in [0, 0.05) is 25.8 Å². The van der Waals surface area contributed by atoms with E-state index >= 15 is 0 Å². The molecule has 0 aromatic carbocycles. The van der Waals surface area contributed by atoms with Crippen molar-refractivity contribution in [2.24, 2.45) is 0 Å². The topological polar surface area (TPSA) is 81.6 Å². The summed E-state index contributed by atoms with van der Waals surface area (Å²) in [5.41, 5.74) is 0.591. The number of nitrogens with zero attached hydrogens (tertiary/aromatic N) is 3. The van der Waals surface area contributed by atoms with Gasteiger partial charge in [0.15, 0.2) is 9.84 Å². The van der Waals surface area contributed by atoms with Gasteiger partial charge in [-0.1, -0.05) is 0 Å². The molecule has 0 spiro atoms. The maximum absolute atomic E-state index is 13.2. The molecule has 2 aliphatic heterocycles. The van der Waals surface area contributed by atoms with Gasteiger partial charge in [-0.15, -0.1) is 0 Å². The zero-order chi connectivity index (χ0) is 18.1. The summed E-state index contributed by atoms with van der Waals surface area (Å²) in [5.74, 6) is 0.769. The molecule has 0 amide bonds. The maximum Gasteiger partial charge on any atom is 0.164 e. The van der Waals surface area contributed by atoms with E-state index < -0.39 is 19.8 Å². The van der Waals surface area contributed by atoms with Crippen molar-refractivity contribution in [3.63, 3.8) is 0 Å². The Morgan fingerprint density at radius 1 is 1.20 bits per heavy atom. The number of ether oxygens (including phenoxy) is 2. The smallest absolute Gasteiger partial charge is 0.164 e. The number of hydrogen-bond acceptors (Lipinski definition) is 7. The van der Waals surface area contributed by atoms with Crippen LogP contribution in [-0.2, 0) is 24.1 Å². The molecule has 1 aromatic rings. The molecule has 2 fully saturated rings. The van der Waals surface area contributed by atoms with Crippen LogP contribution in [0.25, 0.3) is 0 Å². The molecule has 1 aromatic heterocycles. The van der Waals surface area contributed by atoms with E-state index in [1.807, 2.05) is 6.07 Å². The van der Waals surface area contributed by atoms with E-state index in [0.717, 1.165) is 12.4 Å². The van der Waals surface area contributed by atoms with E-state index in [1.165, 1.54) is 6.33 Å². The van der Waals surface area contributed by atoms with Gasteiger partial charge in [-0.3, -0.25) is 0 Å². The van der Waals surface area contributed by atoms with Crippen molar-refractivity contribution < 1.29 is 17.9 Å². The van der Waals surface area contributed by atoms with Crippen LogP contribution in [0.3, 0.4) is 0 Å². The SMILES string of the molecule is CC(C)S(=O)(=O)C1(c2cc(N3CCOC[C@H]3C)ncn2)CCOCC1. The molecule has 3 heterocycles. The number of sulfone groups is 1. The molecule has 0 N–H and O–H groups in total. The van der Waals surface area contributed by atoms with Gasteiger partial charge in [0.1, 0.15) is 16.9 Å². The lowest BCUT2D eigenvalue weighted by Crippen LogP contribution is -2.46. The third-order valence-electron chi connectivity index (χ3n) is 5.25. The highest BCUT2D eigenvalue weighted by Crippen LogP contribution is 2.42. The first-order valence-corrected chi connectivity index (χ1v) is 10.4. The largest absolute Gasteiger partial charge is 0.381 e. The fourth-order valence-electron chi connectivity index (χ4n) is 3.66. The summed E-state index contributed by atoms with van der Waals surface area (Å²) in [6, 6.07) is 2.05. The standard InChI is InChI=1S/C17H27N3O4S/c1-13(2)25(21,22)17(4-7-23-8-5-17)15-10-16(19-12-18-15)20-6-9-24-11-14(20)3/h10,12-14H,4-9,11H2,1-3H3/t14-/m1/s1. The van der Waals surface area contributed by atoms with Crippen molar-refractivity contribution in [2.45, 2.75) is 49.7 Å². The lowest BCUT2D eigenvalue weighted by Gasteiger charge is -2.38. The third-order valence-corrected chi connectivity index (χ3v) is 8.19. The van der Waals surface area contributed by atoms with Crippen molar-refractivity contribution in [3.8, 4) is 0 Å². The quantitative estimate of drug-likeness (QED) is 0.796. The van der Waals surface area contributed by atoms with E-state index in [2.05, 4.69) is 21.8 Å². The summed E-state index contributed by atoms with van der Waals surface area (Å²) in [7, 11) is -3.39. The van der Waals surface area contributed by atoms with Crippen molar-refractivity contribution >= 4 is 15.7 Å². The van der Waals surface area contributed by atoms with Crippen LogP contribution in [0.2, 0.25) is 0 Å². The first kappa shape index (κ1) is 18.5. The van der Waals surface area contributed by atoms with Crippen LogP contribution in [0.4, 0.5) is 5.82 Å². The Bertz CT molecular complexity index is 702. The number of aromatic nitrogens is 2. The molecule has 1 atom stereocenters. The number of anilines is 1. The van der Waals surface area contributed by atoms with Gasteiger partial charge in [0.05, 0.1) is 30.2 Å². The Hall–Kier alpha value is -1.25. The minimum atomic E-state index is -3.39. The van der Waals surface area contributed by atoms with Crippen molar-refractivity contribution in [1.82, 2.24) is 9.97 Å². The Balaban J connectivity index is 2.04. The fraction of sp³-hybridized carbons (Fsp3) is 0.765. The summed E-state index contributed by atoms with van der Waals surface area (Å²) in [6.45, 7) is 8.44. The average molecular weight is 369 g/mol. The molecule has 0 unspecified atom stereocenters. The van der Waals surface area contributed by atoms with Crippen LogP contribution >= 0.6 is 0 Å². The molecule has 7 nitrogen and oxygen atoms in total. The normalized spacial score (nSPS) is 24.5. The zero-order valence-electron chi connectivity index (χ0n) is 15.1. The van der Waals surface area contributed by atoms with E-state index in [4.69, 9.17) is 9.47 Å². The minimum Gasteiger partial charge on any atom is -0.381 e. The molecule has 0 radical (unpaired) electrons. The zero-order valence-corrected chi connectivity index (χ0v) is 16.0. The van der Waals surface area contributed by atoms with Gasteiger partial charge in [0.2, 0.25) is 0 Å². The van der Waals surface area contributed by atoms with Gasteiger partial charge in [-0.05, 0) is 33.6 Å². The Morgan fingerprint density at radius 3 is 2.56 bits per heavy atom. The molecule has 0 saturated carbocycles. The Morgan fingerprint density at radius 2 is 1.92 bits per heavy atom. The molecule has 0 bridgehead atoms. The molecular weight excluding hydrogens is 342 g/mol. The van der Waals surface area contributed by atoms with Gasteiger partial charge < -0.3 is 14.4 Å². The van der Waals surface area contributed by atoms with Crippen LogP contribution < -0.4 is 4.90 Å². The third kappa shape index (κ3) is 3.27. The summed E-state index contributed by atoms with van der Waals surface area (Å²) in [4.78, 5) is 11.0. The van der Waals surface area contributed by atoms with Crippen LogP contribution in [0, 0.1) is 0 Å². The predicted octanol–water partition coefficient (Wildman–Crippen LogP) is 1.53. The monoisotopic (exact) mass is 369 g/mol. The first-order valence-electron chi connectivity index (χ1n) is 8.86. The second kappa shape index (κ2) is 7.17. The van der Waals surface area contributed by atoms with E-state index in [-0.39, 0.29) is 6.04 Å². The molecule has 25 heavy (non-hydrogen) atoms. The molecule has 0 aliphatic carbocycles. The predicted molar refractivity (Wildman–Crippen MR) is 95.4 cm³/mol. The van der Waals surface area contributed by atoms with Crippen LogP contribution in [-0.4, -0.2) is 62.6 Å². The van der Waals surface area contributed by atoms with Gasteiger partial charge in [-0.2, -0.15) is 0 Å². The molecular formula is C17H27N3O4S. The van der Waals surface area contributed by atoms with Crippen LogP contribution in [0.1, 0.15) is 39.3 Å². The second-order valence-corrected chi connectivity index (χ2v) is 9.89. The first-order chi connectivity index (χ1) is 11.9. The highest BCUT2D eigenvalue weighted by atomic mass is 32.2. The number of hydrogen-bond donors (Lipinski definition) is 0. The number of morpholine rings is 1. The molecule has 2 saturated heterocycles. The van der Waals surface area contributed by atoms with Crippen molar-refractivity contribution in [3.05, 3.63) is 18.1 Å². The van der Waals surface area contributed by atoms with E-state index in [9.17, 15) is 8.42 Å². The Labute approximate surface area is 149 Å². The van der Waals surface area contributed by atoms with Gasteiger partial charge >= 0.3 is 0 Å². The second-order valence-electron chi connectivity index (χ2n) is 7.08. The highest BCUT2D eigenvalue weighted by molar-refractivity contribution is 7.92. The highest BCUT2D eigenvalue weighted by Gasteiger charge is 2.49. The summed E-state index contributed by atoms with van der Waals surface area (Å²) in [5, 5.41) is -0.466. The van der Waals surface area contributed by atoms with E-state index in [0.29, 0.717) is 45.0 Å². The molecule has 3 rings (SSSR count). The van der Waals surface area contributed by atoms with Crippen LogP contribution in [0.5, 0.6) is 0 Å². The maximum atomic E-state index is 13.2. The van der Waals surface area contributed by atoms with E-state index in [1.54, 1.807) is 13.8 Å².